The van der Waals surface area contributed by atoms with Crippen molar-refractivity contribution in [2.75, 3.05) is 52.3 Å². The van der Waals surface area contributed by atoms with E-state index in [1.165, 1.54) is 5.56 Å². The molecule has 1 aliphatic heterocycles. The van der Waals surface area contributed by atoms with Crippen LogP contribution in [0.1, 0.15) is 12.0 Å². The molecule has 2 heterocycles. The van der Waals surface area contributed by atoms with Crippen LogP contribution in [0.15, 0.2) is 53.7 Å². The lowest BCUT2D eigenvalue weighted by Gasteiger charge is -2.20. The summed E-state index contributed by atoms with van der Waals surface area (Å²) in [4.78, 5) is 24.8. The van der Waals surface area contributed by atoms with E-state index >= 15 is 0 Å². The maximum absolute atomic E-state index is 12.0. The number of carbonyl (C=O) groups is 1. The molecule has 2 aromatic rings. The standard InChI is InChI=1S/C23H32N6O2/c1-28(2)22(30)16-26-23(25-14-11-18-7-9-20(31-3)10-8-18)27-19-12-15-29(17-19)21-6-4-5-13-24-21/h4-10,13,19H,11-12,14-17H2,1-3H3,(H2,25,26,27). The number of guanidine groups is 1. The van der Waals surface area contributed by atoms with Crippen LogP contribution in [0.5, 0.6) is 5.75 Å². The van der Waals surface area contributed by atoms with Gasteiger partial charge in [0, 0.05) is 46.0 Å². The average Bonchev–Trinajstić information content (AvgIpc) is 3.26. The van der Waals surface area contributed by atoms with E-state index in [1.54, 1.807) is 26.1 Å². The molecule has 0 bridgehead atoms. The molecule has 0 saturated carbocycles. The Balaban J connectivity index is 1.56. The number of hydrogen-bond donors (Lipinski definition) is 2. The first-order valence-corrected chi connectivity index (χ1v) is 10.6. The lowest BCUT2D eigenvalue weighted by molar-refractivity contribution is -0.127. The van der Waals surface area contributed by atoms with E-state index < -0.39 is 0 Å². The van der Waals surface area contributed by atoms with Gasteiger partial charge in [-0.1, -0.05) is 18.2 Å². The fourth-order valence-corrected chi connectivity index (χ4v) is 3.38. The number of methoxy groups -OCH3 is 1. The predicted molar refractivity (Wildman–Crippen MR) is 124 cm³/mol. The third-order valence-corrected chi connectivity index (χ3v) is 5.24. The van der Waals surface area contributed by atoms with Crippen LogP contribution < -0.4 is 20.3 Å². The van der Waals surface area contributed by atoms with Gasteiger partial charge in [0.1, 0.15) is 18.1 Å². The summed E-state index contributed by atoms with van der Waals surface area (Å²) in [6.07, 6.45) is 3.64. The van der Waals surface area contributed by atoms with Gasteiger partial charge >= 0.3 is 0 Å². The van der Waals surface area contributed by atoms with Crippen LogP contribution in [0.4, 0.5) is 5.82 Å². The molecule has 31 heavy (non-hydrogen) atoms. The molecule has 3 rings (SSSR count). The molecule has 1 aromatic heterocycles. The number of rotatable bonds is 8. The number of nitrogens with one attached hydrogen (secondary N) is 2. The van der Waals surface area contributed by atoms with Gasteiger partial charge in [-0.15, -0.1) is 0 Å². The van der Waals surface area contributed by atoms with Crippen LogP contribution in [0, 0.1) is 0 Å². The van der Waals surface area contributed by atoms with Crippen molar-refractivity contribution >= 4 is 17.7 Å². The zero-order valence-corrected chi connectivity index (χ0v) is 18.5. The molecule has 1 aromatic carbocycles. The number of aromatic nitrogens is 1. The Bertz CT molecular complexity index is 854. The molecule has 1 aliphatic rings. The number of likely N-dealkylation sites (N-methyl/N-ethyl adjacent to an activating group) is 1. The molecule has 8 nitrogen and oxygen atoms in total. The molecule has 0 radical (unpaired) electrons. The first kappa shape index (κ1) is 22.4. The van der Waals surface area contributed by atoms with Crippen molar-refractivity contribution in [3.63, 3.8) is 0 Å². The quantitative estimate of drug-likeness (QED) is 0.494. The Hall–Kier alpha value is -3.29. The summed E-state index contributed by atoms with van der Waals surface area (Å²) >= 11 is 0. The molecule has 1 amide bonds. The molecule has 1 saturated heterocycles. The molecule has 0 aliphatic carbocycles. The minimum absolute atomic E-state index is 0.0298. The fraction of sp³-hybridized carbons (Fsp3) is 0.435. The molecule has 1 atom stereocenters. The number of amides is 1. The zero-order valence-electron chi connectivity index (χ0n) is 18.5. The smallest absolute Gasteiger partial charge is 0.243 e. The van der Waals surface area contributed by atoms with E-state index in [0.717, 1.165) is 37.5 Å². The zero-order chi connectivity index (χ0) is 22.1. The largest absolute Gasteiger partial charge is 0.497 e. The number of carbonyl (C=O) groups excluding carboxylic acids is 1. The molecule has 2 N–H and O–H groups in total. The van der Waals surface area contributed by atoms with Gasteiger partial charge in [0.2, 0.25) is 5.91 Å². The van der Waals surface area contributed by atoms with Gasteiger partial charge < -0.3 is 25.2 Å². The summed E-state index contributed by atoms with van der Waals surface area (Å²) in [5, 5.41) is 6.87. The van der Waals surface area contributed by atoms with Gasteiger partial charge in [-0.3, -0.25) is 4.79 Å². The van der Waals surface area contributed by atoms with Crippen molar-refractivity contribution in [1.82, 2.24) is 20.5 Å². The Morgan fingerprint density at radius 2 is 2.06 bits per heavy atom. The van der Waals surface area contributed by atoms with Gasteiger partial charge in [-0.05, 0) is 42.7 Å². The van der Waals surface area contributed by atoms with Crippen LogP contribution in [-0.4, -0.2) is 75.2 Å². The lowest BCUT2D eigenvalue weighted by atomic mass is 10.1. The van der Waals surface area contributed by atoms with Gasteiger partial charge in [0.05, 0.1) is 7.11 Å². The summed E-state index contributed by atoms with van der Waals surface area (Å²) in [5.41, 5.74) is 1.21. The second kappa shape index (κ2) is 11.2. The van der Waals surface area contributed by atoms with E-state index in [1.807, 2.05) is 36.5 Å². The van der Waals surface area contributed by atoms with E-state index in [9.17, 15) is 4.79 Å². The molecule has 1 unspecified atom stereocenters. The Morgan fingerprint density at radius 1 is 1.26 bits per heavy atom. The highest BCUT2D eigenvalue weighted by Crippen LogP contribution is 2.17. The van der Waals surface area contributed by atoms with Gasteiger partial charge in [0.15, 0.2) is 5.96 Å². The first-order valence-electron chi connectivity index (χ1n) is 10.6. The maximum atomic E-state index is 12.0. The Labute approximate surface area is 184 Å². The number of anilines is 1. The molecular formula is C23H32N6O2. The second-order valence-electron chi connectivity index (χ2n) is 7.74. The van der Waals surface area contributed by atoms with E-state index in [0.29, 0.717) is 12.5 Å². The number of nitrogens with zero attached hydrogens (tertiary/aromatic N) is 4. The topological polar surface area (TPSA) is 82.1 Å². The predicted octanol–water partition coefficient (Wildman–Crippen LogP) is 1.54. The monoisotopic (exact) mass is 424 g/mol. The Kier molecular flexibility index (Phi) is 8.09. The second-order valence-corrected chi connectivity index (χ2v) is 7.74. The van der Waals surface area contributed by atoms with Crippen LogP contribution in [-0.2, 0) is 11.2 Å². The third-order valence-electron chi connectivity index (χ3n) is 5.24. The number of pyridine rings is 1. The molecule has 1 fully saturated rings. The first-order chi connectivity index (χ1) is 15.0. The summed E-state index contributed by atoms with van der Waals surface area (Å²) in [6.45, 7) is 2.61. The van der Waals surface area contributed by atoms with E-state index in [-0.39, 0.29) is 18.5 Å². The van der Waals surface area contributed by atoms with Gasteiger partial charge in [-0.2, -0.15) is 0 Å². The van der Waals surface area contributed by atoms with Crippen LogP contribution >= 0.6 is 0 Å². The summed E-state index contributed by atoms with van der Waals surface area (Å²) in [6, 6.07) is 14.2. The third kappa shape index (κ3) is 6.87. The summed E-state index contributed by atoms with van der Waals surface area (Å²) in [5.74, 6) is 2.47. The van der Waals surface area contributed by atoms with Crippen molar-refractivity contribution in [2.24, 2.45) is 4.99 Å². The van der Waals surface area contributed by atoms with Gasteiger partial charge in [-0.25, -0.2) is 9.98 Å². The molecular weight excluding hydrogens is 392 g/mol. The van der Waals surface area contributed by atoms with Crippen molar-refractivity contribution in [2.45, 2.75) is 18.9 Å². The summed E-state index contributed by atoms with van der Waals surface area (Å²) in [7, 11) is 5.14. The highest BCUT2D eigenvalue weighted by Gasteiger charge is 2.24. The van der Waals surface area contributed by atoms with Crippen LogP contribution in [0.2, 0.25) is 0 Å². The van der Waals surface area contributed by atoms with Crippen molar-refractivity contribution in [1.29, 1.82) is 0 Å². The minimum atomic E-state index is -0.0298. The highest BCUT2D eigenvalue weighted by atomic mass is 16.5. The molecule has 0 spiro atoms. The fourth-order valence-electron chi connectivity index (χ4n) is 3.38. The normalized spacial score (nSPS) is 16.2. The van der Waals surface area contributed by atoms with Crippen molar-refractivity contribution in [3.8, 4) is 5.75 Å². The van der Waals surface area contributed by atoms with E-state index in [4.69, 9.17) is 4.74 Å². The molecule has 166 valence electrons. The van der Waals surface area contributed by atoms with Crippen LogP contribution in [0.25, 0.3) is 0 Å². The SMILES string of the molecule is COc1ccc(CCNC(=NCC(=O)N(C)C)NC2CCN(c3ccccn3)C2)cc1. The summed E-state index contributed by atoms with van der Waals surface area (Å²) < 4.78 is 5.21. The minimum Gasteiger partial charge on any atom is -0.497 e. The number of aliphatic imine (C=N–C) groups is 1. The number of ether oxygens (including phenoxy) is 1. The lowest BCUT2D eigenvalue weighted by Crippen LogP contribution is -2.45. The average molecular weight is 425 g/mol. The van der Waals surface area contributed by atoms with Crippen LogP contribution in [0.3, 0.4) is 0 Å². The molecule has 8 heteroatoms. The number of benzene rings is 1. The number of hydrogen-bond acceptors (Lipinski definition) is 5. The van der Waals surface area contributed by atoms with Crippen molar-refractivity contribution < 1.29 is 9.53 Å². The van der Waals surface area contributed by atoms with E-state index in [2.05, 4.69) is 37.6 Å². The maximum Gasteiger partial charge on any atom is 0.243 e. The Morgan fingerprint density at radius 3 is 2.74 bits per heavy atom. The van der Waals surface area contributed by atoms with Crippen molar-refractivity contribution in [3.05, 3.63) is 54.2 Å². The highest BCUT2D eigenvalue weighted by molar-refractivity contribution is 5.85. The van der Waals surface area contributed by atoms with Gasteiger partial charge in [0.25, 0.3) is 0 Å².